The predicted octanol–water partition coefficient (Wildman–Crippen LogP) is 4.64. The summed E-state index contributed by atoms with van der Waals surface area (Å²) in [7, 11) is 1.95. The first-order valence-electron chi connectivity index (χ1n) is 10.9. The van der Waals surface area contributed by atoms with E-state index in [4.69, 9.17) is 5.73 Å². The summed E-state index contributed by atoms with van der Waals surface area (Å²) in [6, 6.07) is 24.4. The van der Waals surface area contributed by atoms with E-state index in [9.17, 15) is 5.11 Å². The molecular formula is C27H25N5O. The molecule has 0 bridgehead atoms. The average Bonchev–Trinajstić information content (AvgIpc) is 3.30. The average molecular weight is 436 g/mol. The van der Waals surface area contributed by atoms with Gasteiger partial charge < -0.3 is 16.2 Å². The van der Waals surface area contributed by atoms with Gasteiger partial charge in [-0.1, -0.05) is 60.7 Å². The fourth-order valence-electron chi connectivity index (χ4n) is 4.19. The maximum absolute atomic E-state index is 11.2. The Morgan fingerprint density at radius 1 is 0.939 bits per heavy atom. The van der Waals surface area contributed by atoms with E-state index in [0.717, 1.165) is 28.9 Å². The molecule has 5 rings (SSSR count). The minimum absolute atomic E-state index is 0.103. The van der Waals surface area contributed by atoms with E-state index in [0.29, 0.717) is 23.3 Å². The van der Waals surface area contributed by atoms with E-state index >= 15 is 0 Å². The van der Waals surface area contributed by atoms with E-state index < -0.39 is 0 Å². The fourth-order valence-corrected chi connectivity index (χ4v) is 4.19. The maximum Gasteiger partial charge on any atom is 0.168 e. The second-order valence-electron chi connectivity index (χ2n) is 7.94. The van der Waals surface area contributed by atoms with Crippen molar-refractivity contribution in [1.82, 2.24) is 19.9 Å². The summed E-state index contributed by atoms with van der Waals surface area (Å²) < 4.78 is 1.87. The van der Waals surface area contributed by atoms with Gasteiger partial charge in [0.1, 0.15) is 23.1 Å². The molecule has 5 aromatic rings. The zero-order valence-electron chi connectivity index (χ0n) is 18.4. The van der Waals surface area contributed by atoms with Crippen molar-refractivity contribution in [3.05, 3.63) is 96.4 Å². The number of hydrogen-bond donors (Lipinski definition) is 3. The van der Waals surface area contributed by atoms with Crippen LogP contribution >= 0.6 is 0 Å². The van der Waals surface area contributed by atoms with Crippen LogP contribution < -0.4 is 11.1 Å². The molecule has 164 valence electrons. The lowest BCUT2D eigenvalue weighted by Crippen LogP contribution is -2.06. The Labute approximate surface area is 192 Å². The molecule has 0 aliphatic heterocycles. The van der Waals surface area contributed by atoms with Gasteiger partial charge in [-0.2, -0.15) is 0 Å². The van der Waals surface area contributed by atoms with Crippen LogP contribution in [0.2, 0.25) is 0 Å². The molecule has 33 heavy (non-hydrogen) atoms. The van der Waals surface area contributed by atoms with Crippen molar-refractivity contribution >= 4 is 11.0 Å². The van der Waals surface area contributed by atoms with Gasteiger partial charge in [-0.15, -0.1) is 0 Å². The van der Waals surface area contributed by atoms with Crippen molar-refractivity contribution in [2.45, 2.75) is 13.1 Å². The number of nitrogens with one attached hydrogen (secondary N) is 1. The molecular weight excluding hydrogens is 410 g/mol. The number of nitrogens with two attached hydrogens (primary N) is 1. The zero-order chi connectivity index (χ0) is 22.8. The van der Waals surface area contributed by atoms with Crippen LogP contribution in [0.3, 0.4) is 0 Å². The zero-order valence-corrected chi connectivity index (χ0v) is 18.4. The SMILES string of the molecule is CNCc1ccccc1-c1ccc(-c2ncc3ncn(-c4cccc(CN)c4)c3c2O)cc1. The number of aromatic nitrogens is 3. The summed E-state index contributed by atoms with van der Waals surface area (Å²) in [5, 5.41) is 14.4. The third-order valence-electron chi connectivity index (χ3n) is 5.84. The van der Waals surface area contributed by atoms with Crippen LogP contribution in [-0.4, -0.2) is 26.7 Å². The number of fused-ring (bicyclic) bond motifs is 1. The fraction of sp³-hybridized carbons (Fsp3) is 0.111. The monoisotopic (exact) mass is 435 g/mol. The van der Waals surface area contributed by atoms with Crippen molar-refractivity contribution in [2.75, 3.05) is 7.05 Å². The minimum atomic E-state index is 0.103. The highest BCUT2D eigenvalue weighted by Crippen LogP contribution is 2.36. The lowest BCUT2D eigenvalue weighted by molar-refractivity contribution is 0.479. The molecule has 6 heteroatoms. The van der Waals surface area contributed by atoms with Gasteiger partial charge in [0.25, 0.3) is 0 Å². The summed E-state index contributed by atoms with van der Waals surface area (Å²) in [6.45, 7) is 1.25. The van der Waals surface area contributed by atoms with Crippen LogP contribution in [0.1, 0.15) is 11.1 Å². The topological polar surface area (TPSA) is 89.0 Å². The molecule has 0 amide bonds. The van der Waals surface area contributed by atoms with Crippen LogP contribution in [-0.2, 0) is 13.1 Å². The third-order valence-corrected chi connectivity index (χ3v) is 5.84. The Hall–Kier alpha value is -4.00. The van der Waals surface area contributed by atoms with Crippen molar-refractivity contribution in [1.29, 1.82) is 0 Å². The molecule has 0 fully saturated rings. The summed E-state index contributed by atoms with van der Waals surface area (Å²) >= 11 is 0. The number of imidazole rings is 1. The van der Waals surface area contributed by atoms with Gasteiger partial charge in [-0.3, -0.25) is 4.57 Å². The van der Waals surface area contributed by atoms with E-state index in [1.54, 1.807) is 12.5 Å². The number of rotatable bonds is 6. The first-order chi connectivity index (χ1) is 16.2. The summed E-state index contributed by atoms with van der Waals surface area (Å²) in [4.78, 5) is 8.94. The van der Waals surface area contributed by atoms with Crippen molar-refractivity contribution in [3.8, 4) is 33.8 Å². The summed E-state index contributed by atoms with van der Waals surface area (Å²) in [6.07, 6.45) is 3.40. The molecule has 0 saturated heterocycles. The standard InChI is InChI=1S/C27H25N5O/c1-29-15-21-6-2-3-8-23(21)19-9-11-20(12-10-19)25-27(33)26-24(16-30-25)31-17-32(26)22-7-4-5-18(13-22)14-28/h2-13,16-17,29,33H,14-15,28H2,1H3. The van der Waals surface area contributed by atoms with Gasteiger partial charge in [0.2, 0.25) is 0 Å². The summed E-state index contributed by atoms with van der Waals surface area (Å²) in [5.41, 5.74) is 13.9. The lowest BCUT2D eigenvalue weighted by Gasteiger charge is -2.12. The predicted molar refractivity (Wildman–Crippen MR) is 132 cm³/mol. The maximum atomic E-state index is 11.2. The van der Waals surface area contributed by atoms with Crippen molar-refractivity contribution in [2.24, 2.45) is 5.73 Å². The third kappa shape index (κ3) is 3.86. The van der Waals surface area contributed by atoms with Crippen LogP contribution in [0.4, 0.5) is 0 Å². The van der Waals surface area contributed by atoms with E-state index in [1.807, 2.05) is 60.1 Å². The Morgan fingerprint density at radius 3 is 2.52 bits per heavy atom. The van der Waals surface area contributed by atoms with Crippen LogP contribution in [0.25, 0.3) is 39.1 Å². The molecule has 2 heterocycles. The summed E-state index contributed by atoms with van der Waals surface area (Å²) in [5.74, 6) is 0.103. The molecule has 0 radical (unpaired) electrons. The normalized spacial score (nSPS) is 11.2. The van der Waals surface area contributed by atoms with Crippen LogP contribution in [0, 0.1) is 0 Å². The van der Waals surface area contributed by atoms with Crippen molar-refractivity contribution < 1.29 is 5.11 Å². The Kier molecular flexibility index (Phi) is 5.60. The van der Waals surface area contributed by atoms with Gasteiger partial charge in [-0.05, 0) is 41.4 Å². The number of pyridine rings is 1. The number of aromatic hydroxyl groups is 1. The quantitative estimate of drug-likeness (QED) is 0.362. The Balaban J connectivity index is 1.56. The second kappa shape index (κ2) is 8.86. The first kappa shape index (κ1) is 20.9. The molecule has 0 atom stereocenters. The van der Waals surface area contributed by atoms with Crippen LogP contribution in [0.15, 0.2) is 85.3 Å². The molecule has 0 aliphatic rings. The largest absolute Gasteiger partial charge is 0.504 e. The molecule has 2 aromatic heterocycles. The van der Waals surface area contributed by atoms with Gasteiger partial charge in [-0.25, -0.2) is 9.97 Å². The van der Waals surface area contributed by atoms with E-state index in [1.165, 1.54) is 11.1 Å². The Morgan fingerprint density at radius 2 is 1.73 bits per heavy atom. The van der Waals surface area contributed by atoms with Crippen LogP contribution in [0.5, 0.6) is 5.75 Å². The highest BCUT2D eigenvalue weighted by atomic mass is 16.3. The molecule has 0 aliphatic carbocycles. The molecule has 0 saturated carbocycles. The first-order valence-corrected chi connectivity index (χ1v) is 10.9. The molecule has 0 unspecified atom stereocenters. The smallest absolute Gasteiger partial charge is 0.168 e. The second-order valence-corrected chi connectivity index (χ2v) is 7.94. The van der Waals surface area contributed by atoms with Gasteiger partial charge in [0.15, 0.2) is 5.75 Å². The van der Waals surface area contributed by atoms with Gasteiger partial charge in [0, 0.05) is 24.3 Å². The van der Waals surface area contributed by atoms with Crippen molar-refractivity contribution in [3.63, 3.8) is 0 Å². The number of benzene rings is 3. The lowest BCUT2D eigenvalue weighted by atomic mass is 9.98. The highest BCUT2D eigenvalue weighted by molar-refractivity contribution is 5.89. The molecule has 3 aromatic carbocycles. The molecule has 4 N–H and O–H groups in total. The minimum Gasteiger partial charge on any atom is -0.504 e. The molecule has 0 spiro atoms. The van der Waals surface area contributed by atoms with Gasteiger partial charge >= 0.3 is 0 Å². The van der Waals surface area contributed by atoms with Gasteiger partial charge in [0.05, 0.1) is 6.20 Å². The number of hydrogen-bond acceptors (Lipinski definition) is 5. The Bertz CT molecular complexity index is 1420. The highest BCUT2D eigenvalue weighted by Gasteiger charge is 2.16. The molecule has 6 nitrogen and oxygen atoms in total. The van der Waals surface area contributed by atoms with E-state index in [2.05, 4.69) is 39.6 Å². The number of nitrogens with zero attached hydrogens (tertiary/aromatic N) is 3. The van der Waals surface area contributed by atoms with E-state index in [-0.39, 0.29) is 5.75 Å².